The summed E-state index contributed by atoms with van der Waals surface area (Å²) in [6.07, 6.45) is 0. The van der Waals surface area contributed by atoms with Crippen LogP contribution in [0.25, 0.3) is 11.1 Å². The molecule has 0 saturated carbocycles. The van der Waals surface area contributed by atoms with Crippen molar-refractivity contribution < 1.29 is 0 Å². The normalized spacial score (nSPS) is 20.6. The lowest BCUT2D eigenvalue weighted by molar-refractivity contribution is 0.201. The van der Waals surface area contributed by atoms with Crippen molar-refractivity contribution in [3.8, 4) is 11.1 Å². The molecule has 0 unspecified atom stereocenters. The number of hydrogen-bond donors (Lipinski definition) is 1. The molecule has 0 bridgehead atoms. The molecule has 1 aliphatic rings. The first kappa shape index (κ1) is 12.9. The zero-order valence-electron chi connectivity index (χ0n) is 11.3. The molecule has 1 atom stereocenters. The van der Waals surface area contributed by atoms with Gasteiger partial charge in [-0.1, -0.05) is 30.3 Å². The van der Waals surface area contributed by atoms with Gasteiger partial charge in [0.2, 0.25) is 0 Å². The minimum atomic E-state index is 0.613. The average molecular weight is 272 g/mol. The fourth-order valence-corrected chi connectivity index (χ4v) is 3.56. The molecule has 0 amide bonds. The van der Waals surface area contributed by atoms with E-state index < -0.39 is 0 Å². The number of nitrogens with one attached hydrogen (secondary N) is 1. The second kappa shape index (κ2) is 5.87. The SMILES string of the molecule is C[C@@H]1CN(Cc2cc(-c3ccccc3)cs2)CCN1. The third-order valence-corrected chi connectivity index (χ3v) is 4.51. The molecule has 0 spiro atoms. The van der Waals surface area contributed by atoms with E-state index in [1.807, 2.05) is 11.3 Å². The largest absolute Gasteiger partial charge is 0.312 e. The molecule has 1 saturated heterocycles. The predicted octanol–water partition coefficient (Wildman–Crippen LogP) is 3.21. The summed E-state index contributed by atoms with van der Waals surface area (Å²) >= 11 is 1.88. The average Bonchev–Trinajstić information content (AvgIpc) is 2.88. The second-order valence-corrected chi connectivity index (χ2v) is 6.25. The molecule has 1 fully saturated rings. The Kier molecular flexibility index (Phi) is 3.97. The smallest absolute Gasteiger partial charge is 0.0329 e. The first-order valence-corrected chi connectivity index (χ1v) is 7.78. The van der Waals surface area contributed by atoms with E-state index in [2.05, 4.69) is 58.9 Å². The van der Waals surface area contributed by atoms with Crippen LogP contribution < -0.4 is 5.32 Å². The minimum absolute atomic E-state index is 0.613. The summed E-state index contributed by atoms with van der Waals surface area (Å²) in [5, 5.41) is 5.76. The van der Waals surface area contributed by atoms with Gasteiger partial charge < -0.3 is 5.32 Å². The molecule has 0 radical (unpaired) electrons. The van der Waals surface area contributed by atoms with Gasteiger partial charge in [0.05, 0.1) is 0 Å². The lowest BCUT2D eigenvalue weighted by Gasteiger charge is -2.31. The van der Waals surface area contributed by atoms with Gasteiger partial charge in [-0.25, -0.2) is 0 Å². The molecule has 3 rings (SSSR count). The van der Waals surface area contributed by atoms with Crippen LogP contribution in [0.3, 0.4) is 0 Å². The van der Waals surface area contributed by atoms with E-state index in [4.69, 9.17) is 0 Å². The molecular weight excluding hydrogens is 252 g/mol. The van der Waals surface area contributed by atoms with E-state index in [-0.39, 0.29) is 0 Å². The highest BCUT2D eigenvalue weighted by Crippen LogP contribution is 2.26. The first-order valence-electron chi connectivity index (χ1n) is 6.90. The lowest BCUT2D eigenvalue weighted by atomic mass is 10.1. The fourth-order valence-electron chi connectivity index (χ4n) is 2.62. The number of benzene rings is 1. The molecule has 2 heterocycles. The molecule has 2 nitrogen and oxygen atoms in total. The molecule has 1 N–H and O–H groups in total. The van der Waals surface area contributed by atoms with E-state index in [1.54, 1.807) is 0 Å². The van der Waals surface area contributed by atoms with Gasteiger partial charge in [-0.3, -0.25) is 4.90 Å². The summed E-state index contributed by atoms with van der Waals surface area (Å²) < 4.78 is 0. The Balaban J connectivity index is 1.68. The van der Waals surface area contributed by atoms with Crippen LogP contribution in [0.4, 0.5) is 0 Å². The van der Waals surface area contributed by atoms with Crippen molar-refractivity contribution in [2.75, 3.05) is 19.6 Å². The van der Waals surface area contributed by atoms with Crippen molar-refractivity contribution in [3.63, 3.8) is 0 Å². The second-order valence-electron chi connectivity index (χ2n) is 5.26. The third-order valence-electron chi connectivity index (χ3n) is 3.59. The Labute approximate surface area is 119 Å². The van der Waals surface area contributed by atoms with Gasteiger partial charge in [-0.2, -0.15) is 0 Å². The van der Waals surface area contributed by atoms with Gasteiger partial charge in [0.1, 0.15) is 0 Å². The maximum Gasteiger partial charge on any atom is 0.0329 e. The van der Waals surface area contributed by atoms with Gasteiger partial charge in [0, 0.05) is 37.1 Å². The Morgan fingerprint density at radius 1 is 1.26 bits per heavy atom. The van der Waals surface area contributed by atoms with Gasteiger partial charge in [-0.05, 0) is 29.5 Å². The summed E-state index contributed by atoms with van der Waals surface area (Å²) in [5.41, 5.74) is 2.67. The first-order chi connectivity index (χ1) is 9.31. The van der Waals surface area contributed by atoms with E-state index in [0.717, 1.165) is 26.2 Å². The fraction of sp³-hybridized carbons (Fsp3) is 0.375. The summed E-state index contributed by atoms with van der Waals surface area (Å²) in [4.78, 5) is 4.01. The lowest BCUT2D eigenvalue weighted by Crippen LogP contribution is -2.48. The molecule has 0 aliphatic carbocycles. The van der Waals surface area contributed by atoms with Crippen LogP contribution in [0.2, 0.25) is 0 Å². The number of rotatable bonds is 3. The monoisotopic (exact) mass is 272 g/mol. The van der Waals surface area contributed by atoms with Crippen molar-refractivity contribution in [2.24, 2.45) is 0 Å². The highest BCUT2D eigenvalue weighted by atomic mass is 32.1. The van der Waals surface area contributed by atoms with Gasteiger partial charge in [0.25, 0.3) is 0 Å². The van der Waals surface area contributed by atoms with E-state index in [1.165, 1.54) is 16.0 Å². The number of nitrogens with zero attached hydrogens (tertiary/aromatic N) is 1. The van der Waals surface area contributed by atoms with Crippen molar-refractivity contribution >= 4 is 11.3 Å². The molecule has 2 aromatic rings. The Hall–Kier alpha value is -1.16. The number of hydrogen-bond acceptors (Lipinski definition) is 3. The molecule has 19 heavy (non-hydrogen) atoms. The highest BCUT2D eigenvalue weighted by Gasteiger charge is 2.16. The van der Waals surface area contributed by atoms with E-state index >= 15 is 0 Å². The highest BCUT2D eigenvalue weighted by molar-refractivity contribution is 7.10. The zero-order chi connectivity index (χ0) is 13.1. The molecule has 100 valence electrons. The van der Waals surface area contributed by atoms with Gasteiger partial charge >= 0.3 is 0 Å². The van der Waals surface area contributed by atoms with Crippen LogP contribution in [0.1, 0.15) is 11.8 Å². The molecule has 1 aromatic carbocycles. The van der Waals surface area contributed by atoms with Gasteiger partial charge in [0.15, 0.2) is 0 Å². The molecular formula is C16H20N2S. The van der Waals surface area contributed by atoms with Crippen molar-refractivity contribution in [1.82, 2.24) is 10.2 Å². The van der Waals surface area contributed by atoms with Crippen LogP contribution in [0.5, 0.6) is 0 Å². The van der Waals surface area contributed by atoms with Crippen molar-refractivity contribution in [1.29, 1.82) is 0 Å². The summed E-state index contributed by atoms with van der Waals surface area (Å²) in [6.45, 7) is 6.76. The zero-order valence-corrected chi connectivity index (χ0v) is 12.1. The minimum Gasteiger partial charge on any atom is -0.312 e. The number of piperazine rings is 1. The Morgan fingerprint density at radius 3 is 2.89 bits per heavy atom. The summed E-state index contributed by atoms with van der Waals surface area (Å²) in [6, 6.07) is 13.6. The van der Waals surface area contributed by atoms with Crippen molar-refractivity contribution in [2.45, 2.75) is 19.5 Å². The quantitative estimate of drug-likeness (QED) is 0.923. The van der Waals surface area contributed by atoms with Crippen LogP contribution in [-0.4, -0.2) is 30.6 Å². The topological polar surface area (TPSA) is 15.3 Å². The molecule has 1 aliphatic heterocycles. The van der Waals surface area contributed by atoms with Gasteiger partial charge in [-0.15, -0.1) is 11.3 Å². The third kappa shape index (κ3) is 3.24. The maximum atomic E-state index is 3.49. The number of thiophene rings is 1. The van der Waals surface area contributed by atoms with Crippen LogP contribution in [0, 0.1) is 0 Å². The van der Waals surface area contributed by atoms with Crippen LogP contribution in [-0.2, 0) is 6.54 Å². The Bertz CT molecular complexity index is 521. The van der Waals surface area contributed by atoms with Crippen LogP contribution in [0.15, 0.2) is 41.8 Å². The van der Waals surface area contributed by atoms with Crippen LogP contribution >= 0.6 is 11.3 Å². The summed E-state index contributed by atoms with van der Waals surface area (Å²) in [7, 11) is 0. The molecule has 3 heteroatoms. The summed E-state index contributed by atoms with van der Waals surface area (Å²) in [5.74, 6) is 0. The molecule has 1 aromatic heterocycles. The standard InChI is InChI=1S/C16H20N2S/c1-13-10-18(8-7-17-13)11-16-9-15(12-19-16)14-5-3-2-4-6-14/h2-6,9,12-13,17H,7-8,10-11H2,1H3/t13-/m1/s1. The van der Waals surface area contributed by atoms with Crippen molar-refractivity contribution in [3.05, 3.63) is 46.7 Å². The maximum absolute atomic E-state index is 3.49. The van der Waals surface area contributed by atoms with E-state index in [0.29, 0.717) is 6.04 Å². The Morgan fingerprint density at radius 2 is 2.11 bits per heavy atom. The predicted molar refractivity (Wildman–Crippen MR) is 82.5 cm³/mol. The van der Waals surface area contributed by atoms with E-state index in [9.17, 15) is 0 Å².